The number of carbonyl (C=O) groups excluding carboxylic acids is 1. The van der Waals surface area contributed by atoms with E-state index in [1.807, 2.05) is 0 Å². The average molecular weight is 292 g/mol. The van der Waals surface area contributed by atoms with E-state index in [-0.39, 0.29) is 18.2 Å². The Kier molecular flexibility index (Phi) is 5.29. The lowest BCUT2D eigenvalue weighted by atomic mass is 9.83. The van der Waals surface area contributed by atoms with Gasteiger partial charge in [-0.15, -0.1) is 0 Å². The molecule has 0 aromatic rings. The molecule has 2 rings (SSSR count). The van der Waals surface area contributed by atoms with E-state index >= 15 is 0 Å². The van der Waals surface area contributed by atoms with Crippen molar-refractivity contribution in [1.82, 2.24) is 10.6 Å². The van der Waals surface area contributed by atoms with Gasteiger partial charge in [-0.05, 0) is 44.7 Å². The molecule has 2 aliphatic rings. The molecule has 2 N–H and O–H groups in total. The van der Waals surface area contributed by atoms with E-state index in [0.717, 1.165) is 32.4 Å². The third kappa shape index (κ3) is 4.36. The van der Waals surface area contributed by atoms with Crippen molar-refractivity contribution in [3.8, 4) is 0 Å². The second kappa shape index (κ2) is 6.78. The molecule has 3 unspecified atom stereocenters. The maximum atomic E-state index is 12.9. The highest BCUT2D eigenvalue weighted by Gasteiger charge is 2.45. The third-order valence-corrected chi connectivity index (χ3v) is 4.41. The summed E-state index contributed by atoms with van der Waals surface area (Å²) in [4.78, 5) is 11.9. The number of nitrogens with one attached hydrogen (secondary N) is 2. The summed E-state index contributed by atoms with van der Waals surface area (Å²) in [6.07, 6.45) is 0.100. The zero-order valence-corrected chi connectivity index (χ0v) is 11.6. The molecule has 3 atom stereocenters. The smallest absolute Gasteiger partial charge is 0.353 e. The fourth-order valence-electron chi connectivity index (χ4n) is 3.32. The predicted molar refractivity (Wildman–Crippen MR) is 70.2 cm³/mol. The first-order valence-electron chi connectivity index (χ1n) is 7.53. The van der Waals surface area contributed by atoms with Crippen LogP contribution in [0.1, 0.15) is 44.9 Å². The zero-order chi connectivity index (χ0) is 14.6. The van der Waals surface area contributed by atoms with Gasteiger partial charge in [-0.3, -0.25) is 4.79 Å². The molecule has 0 radical (unpaired) electrons. The van der Waals surface area contributed by atoms with Gasteiger partial charge in [0.15, 0.2) is 0 Å². The second-order valence-corrected chi connectivity index (χ2v) is 6.02. The summed E-state index contributed by atoms with van der Waals surface area (Å²) in [5, 5.41) is 5.85. The number of rotatable bonds is 3. The van der Waals surface area contributed by atoms with Crippen LogP contribution in [0.15, 0.2) is 0 Å². The Morgan fingerprint density at radius 3 is 2.55 bits per heavy atom. The summed E-state index contributed by atoms with van der Waals surface area (Å²) in [5.41, 5.74) is 0. The largest absolute Gasteiger partial charge is 0.393 e. The van der Waals surface area contributed by atoms with Gasteiger partial charge in [0, 0.05) is 12.5 Å². The highest BCUT2D eigenvalue weighted by atomic mass is 19.4. The molecule has 1 aliphatic carbocycles. The fourth-order valence-corrected chi connectivity index (χ4v) is 3.32. The van der Waals surface area contributed by atoms with Crippen LogP contribution in [-0.4, -0.2) is 31.2 Å². The van der Waals surface area contributed by atoms with Crippen LogP contribution < -0.4 is 10.6 Å². The summed E-state index contributed by atoms with van der Waals surface area (Å²) < 4.78 is 38.8. The number of carbonyl (C=O) groups is 1. The Labute approximate surface area is 117 Å². The van der Waals surface area contributed by atoms with Crippen LogP contribution in [0.4, 0.5) is 13.2 Å². The molecule has 1 saturated heterocycles. The van der Waals surface area contributed by atoms with Gasteiger partial charge in [-0.25, -0.2) is 0 Å². The van der Waals surface area contributed by atoms with Crippen LogP contribution >= 0.6 is 0 Å². The standard InChI is InChI=1S/C14H23F3N2O/c15-14(16,17)11-5-1-2-6-12(11)19-13(20)8-10-4-3-7-18-9-10/h10-12,18H,1-9H2,(H,19,20). The summed E-state index contributed by atoms with van der Waals surface area (Å²) >= 11 is 0. The molecule has 0 spiro atoms. The molecule has 2 fully saturated rings. The maximum Gasteiger partial charge on any atom is 0.393 e. The molecule has 3 nitrogen and oxygen atoms in total. The van der Waals surface area contributed by atoms with Crippen LogP contribution in [0.2, 0.25) is 0 Å². The normalized spacial score (nSPS) is 31.9. The number of hydrogen-bond acceptors (Lipinski definition) is 2. The molecule has 116 valence electrons. The molecule has 0 aromatic heterocycles. The number of halogens is 3. The van der Waals surface area contributed by atoms with Gasteiger partial charge < -0.3 is 10.6 Å². The first-order chi connectivity index (χ1) is 9.47. The minimum absolute atomic E-state index is 0.138. The third-order valence-electron chi connectivity index (χ3n) is 4.41. The van der Waals surface area contributed by atoms with Gasteiger partial charge >= 0.3 is 6.18 Å². The van der Waals surface area contributed by atoms with Gasteiger partial charge in [-0.1, -0.05) is 12.8 Å². The highest BCUT2D eigenvalue weighted by molar-refractivity contribution is 5.76. The summed E-state index contributed by atoms with van der Waals surface area (Å²) in [7, 11) is 0. The van der Waals surface area contributed by atoms with E-state index in [1.165, 1.54) is 0 Å². The highest BCUT2D eigenvalue weighted by Crippen LogP contribution is 2.37. The van der Waals surface area contributed by atoms with E-state index < -0.39 is 18.1 Å². The first kappa shape index (κ1) is 15.6. The van der Waals surface area contributed by atoms with E-state index in [2.05, 4.69) is 10.6 Å². The Morgan fingerprint density at radius 2 is 1.90 bits per heavy atom. The first-order valence-corrected chi connectivity index (χ1v) is 7.53. The predicted octanol–water partition coefficient (Wildman–Crippen LogP) is 2.61. The van der Waals surface area contributed by atoms with Crippen LogP contribution in [0, 0.1) is 11.8 Å². The minimum Gasteiger partial charge on any atom is -0.353 e. The maximum absolute atomic E-state index is 12.9. The molecule has 1 amide bonds. The monoisotopic (exact) mass is 292 g/mol. The summed E-state index contributed by atoms with van der Waals surface area (Å²) in [6, 6.07) is -0.729. The van der Waals surface area contributed by atoms with Gasteiger partial charge in [0.2, 0.25) is 5.91 Å². The molecule has 6 heteroatoms. The fraction of sp³-hybridized carbons (Fsp3) is 0.929. The van der Waals surface area contributed by atoms with Crippen molar-refractivity contribution in [3.63, 3.8) is 0 Å². The molecular formula is C14H23F3N2O. The SMILES string of the molecule is O=C(CC1CCCNC1)NC1CCCCC1C(F)(F)F. The number of hydrogen-bond donors (Lipinski definition) is 2. The van der Waals surface area contributed by atoms with Gasteiger partial charge in [0.25, 0.3) is 0 Å². The lowest BCUT2D eigenvalue weighted by Crippen LogP contribution is -2.48. The van der Waals surface area contributed by atoms with Gasteiger partial charge in [-0.2, -0.15) is 13.2 Å². The second-order valence-electron chi connectivity index (χ2n) is 6.02. The van der Waals surface area contributed by atoms with Crippen LogP contribution in [0.5, 0.6) is 0 Å². The topological polar surface area (TPSA) is 41.1 Å². The zero-order valence-electron chi connectivity index (χ0n) is 11.6. The molecule has 1 saturated carbocycles. The molecule has 0 bridgehead atoms. The lowest BCUT2D eigenvalue weighted by Gasteiger charge is -2.34. The molecular weight excluding hydrogens is 269 g/mol. The Bertz CT molecular complexity index is 327. The Balaban J connectivity index is 1.84. The number of alkyl halides is 3. The Morgan fingerprint density at radius 1 is 1.15 bits per heavy atom. The van der Waals surface area contributed by atoms with Crippen molar-refractivity contribution >= 4 is 5.91 Å². The quantitative estimate of drug-likeness (QED) is 0.839. The Hall–Kier alpha value is -0.780. The van der Waals surface area contributed by atoms with Crippen molar-refractivity contribution in [2.75, 3.05) is 13.1 Å². The van der Waals surface area contributed by atoms with E-state index in [4.69, 9.17) is 0 Å². The molecule has 0 aromatic carbocycles. The van der Waals surface area contributed by atoms with E-state index in [9.17, 15) is 18.0 Å². The molecule has 1 aliphatic heterocycles. The molecule has 1 heterocycles. The van der Waals surface area contributed by atoms with Crippen molar-refractivity contribution < 1.29 is 18.0 Å². The van der Waals surface area contributed by atoms with Gasteiger partial charge in [0.1, 0.15) is 0 Å². The minimum atomic E-state index is -4.20. The number of amides is 1. The summed E-state index contributed by atoms with van der Waals surface area (Å²) in [5.74, 6) is -1.33. The van der Waals surface area contributed by atoms with Crippen molar-refractivity contribution in [2.24, 2.45) is 11.8 Å². The lowest BCUT2D eigenvalue weighted by molar-refractivity contribution is -0.189. The van der Waals surface area contributed by atoms with Gasteiger partial charge in [0.05, 0.1) is 5.92 Å². The number of piperidine rings is 1. The van der Waals surface area contributed by atoms with Crippen LogP contribution in [-0.2, 0) is 4.79 Å². The van der Waals surface area contributed by atoms with Crippen LogP contribution in [0.25, 0.3) is 0 Å². The van der Waals surface area contributed by atoms with E-state index in [0.29, 0.717) is 19.3 Å². The van der Waals surface area contributed by atoms with Crippen LogP contribution in [0.3, 0.4) is 0 Å². The molecule has 20 heavy (non-hydrogen) atoms. The summed E-state index contributed by atoms with van der Waals surface area (Å²) in [6.45, 7) is 1.76. The van der Waals surface area contributed by atoms with E-state index in [1.54, 1.807) is 0 Å². The average Bonchev–Trinajstić information content (AvgIpc) is 2.39. The van der Waals surface area contributed by atoms with Crippen molar-refractivity contribution in [2.45, 2.75) is 57.2 Å². The van der Waals surface area contributed by atoms with Crippen molar-refractivity contribution in [1.29, 1.82) is 0 Å². The van der Waals surface area contributed by atoms with Crippen molar-refractivity contribution in [3.05, 3.63) is 0 Å².